The summed E-state index contributed by atoms with van der Waals surface area (Å²) in [5, 5.41) is 4.60. The number of nitrogens with zero attached hydrogens (tertiary/aromatic N) is 3. The van der Waals surface area contributed by atoms with Gasteiger partial charge in [0.1, 0.15) is 17.3 Å². The SMILES string of the molecule is COc1ccc(CCN(Cc2cn3nc(-c4ccc(F)cc4)c(C(N)=O)c3cc2C2CC2)S(=O)O)cc1. The predicted octanol–water partition coefficient (Wildman–Crippen LogP) is 4.31. The van der Waals surface area contributed by atoms with Crippen molar-refractivity contribution < 1.29 is 22.7 Å². The number of rotatable bonds is 10. The van der Waals surface area contributed by atoms with Gasteiger partial charge in [0.25, 0.3) is 5.91 Å². The van der Waals surface area contributed by atoms with Gasteiger partial charge >= 0.3 is 0 Å². The third-order valence-corrected chi connectivity index (χ3v) is 7.40. The highest BCUT2D eigenvalue weighted by atomic mass is 32.2. The molecule has 0 radical (unpaired) electrons. The van der Waals surface area contributed by atoms with E-state index in [9.17, 15) is 17.9 Å². The smallest absolute Gasteiger partial charge is 0.253 e. The molecule has 1 saturated carbocycles. The number of amides is 1. The van der Waals surface area contributed by atoms with E-state index in [4.69, 9.17) is 10.5 Å². The second kappa shape index (κ2) is 10.4. The minimum Gasteiger partial charge on any atom is -0.497 e. The maximum absolute atomic E-state index is 13.5. The van der Waals surface area contributed by atoms with E-state index in [0.29, 0.717) is 35.7 Å². The van der Waals surface area contributed by atoms with Crippen LogP contribution in [0.4, 0.5) is 4.39 Å². The first-order valence-electron chi connectivity index (χ1n) is 11.9. The number of ether oxygens (including phenoxy) is 1. The van der Waals surface area contributed by atoms with E-state index >= 15 is 0 Å². The van der Waals surface area contributed by atoms with Crippen LogP contribution in [0.15, 0.2) is 60.8 Å². The molecule has 37 heavy (non-hydrogen) atoms. The van der Waals surface area contributed by atoms with Crippen LogP contribution >= 0.6 is 0 Å². The maximum Gasteiger partial charge on any atom is 0.253 e. The number of nitrogens with two attached hydrogens (primary N) is 1. The van der Waals surface area contributed by atoms with Crippen LogP contribution < -0.4 is 10.5 Å². The molecular formula is C27H27FN4O4S. The summed E-state index contributed by atoms with van der Waals surface area (Å²) in [4.78, 5) is 12.5. The Morgan fingerprint density at radius 2 is 1.92 bits per heavy atom. The quantitative estimate of drug-likeness (QED) is 0.302. The molecule has 8 nitrogen and oxygen atoms in total. The molecule has 3 N–H and O–H groups in total. The Labute approximate surface area is 216 Å². The summed E-state index contributed by atoms with van der Waals surface area (Å²) in [7, 11) is 1.61. The van der Waals surface area contributed by atoms with Crippen molar-refractivity contribution >= 4 is 22.7 Å². The lowest BCUT2D eigenvalue weighted by Crippen LogP contribution is -2.28. The number of pyridine rings is 1. The Morgan fingerprint density at radius 3 is 2.51 bits per heavy atom. The summed E-state index contributed by atoms with van der Waals surface area (Å²) in [6, 6.07) is 15.2. The summed E-state index contributed by atoms with van der Waals surface area (Å²) < 4.78 is 44.1. The van der Waals surface area contributed by atoms with Gasteiger partial charge in [-0.05, 0) is 84.3 Å². The molecule has 0 aliphatic heterocycles. The molecule has 1 aliphatic rings. The van der Waals surface area contributed by atoms with Crippen molar-refractivity contribution in [1.82, 2.24) is 13.9 Å². The number of carbonyl (C=O) groups excluding carboxylic acids is 1. The zero-order valence-corrected chi connectivity index (χ0v) is 21.1. The molecule has 1 aliphatic carbocycles. The van der Waals surface area contributed by atoms with Gasteiger partial charge in [-0.25, -0.2) is 13.1 Å². The third-order valence-electron chi connectivity index (χ3n) is 6.65. The second-order valence-corrected chi connectivity index (χ2v) is 10.1. The van der Waals surface area contributed by atoms with Crippen LogP contribution in [0.2, 0.25) is 0 Å². The predicted molar refractivity (Wildman–Crippen MR) is 139 cm³/mol. The van der Waals surface area contributed by atoms with Crippen LogP contribution in [-0.2, 0) is 24.2 Å². The summed E-state index contributed by atoms with van der Waals surface area (Å²) in [6.45, 7) is 0.600. The summed E-state index contributed by atoms with van der Waals surface area (Å²) in [5.74, 6) is 0.0447. The number of halogens is 1. The number of benzene rings is 2. The van der Waals surface area contributed by atoms with Crippen LogP contribution in [0.3, 0.4) is 0 Å². The molecule has 0 spiro atoms. The van der Waals surface area contributed by atoms with Crippen LogP contribution in [0.5, 0.6) is 5.75 Å². The molecule has 1 amide bonds. The van der Waals surface area contributed by atoms with Gasteiger partial charge in [-0.2, -0.15) is 9.40 Å². The van der Waals surface area contributed by atoms with Crippen molar-refractivity contribution in [2.24, 2.45) is 5.73 Å². The Hall–Kier alpha value is -3.60. The molecule has 10 heteroatoms. The maximum atomic E-state index is 13.5. The van der Waals surface area contributed by atoms with E-state index in [1.807, 2.05) is 30.3 Å². The van der Waals surface area contributed by atoms with Crippen molar-refractivity contribution in [2.45, 2.75) is 31.7 Å². The molecule has 2 aromatic heterocycles. The van der Waals surface area contributed by atoms with E-state index in [0.717, 1.165) is 35.3 Å². The number of hydrogen-bond donors (Lipinski definition) is 2. The highest BCUT2D eigenvalue weighted by molar-refractivity contribution is 7.76. The summed E-state index contributed by atoms with van der Waals surface area (Å²) in [5.41, 5.74) is 10.4. The minimum atomic E-state index is -2.19. The van der Waals surface area contributed by atoms with E-state index in [1.165, 1.54) is 16.4 Å². The van der Waals surface area contributed by atoms with Crippen molar-refractivity contribution in [1.29, 1.82) is 0 Å². The number of primary amides is 1. The molecule has 4 aromatic rings. The van der Waals surface area contributed by atoms with Gasteiger partial charge in [0.2, 0.25) is 11.3 Å². The number of carbonyl (C=O) groups is 1. The van der Waals surface area contributed by atoms with Crippen molar-refractivity contribution in [2.75, 3.05) is 13.7 Å². The molecule has 0 saturated heterocycles. The zero-order valence-electron chi connectivity index (χ0n) is 20.3. The molecule has 2 heterocycles. The van der Waals surface area contributed by atoms with Crippen LogP contribution in [-0.4, -0.2) is 42.2 Å². The van der Waals surface area contributed by atoms with Gasteiger partial charge < -0.3 is 10.5 Å². The Bertz CT molecular complexity index is 1470. The number of hydrogen-bond acceptors (Lipinski definition) is 4. The van der Waals surface area contributed by atoms with Crippen molar-refractivity contribution in [3.63, 3.8) is 0 Å². The molecule has 0 bridgehead atoms. The van der Waals surface area contributed by atoms with Crippen molar-refractivity contribution in [3.8, 4) is 17.0 Å². The Kier molecular flexibility index (Phi) is 7.05. The average Bonchev–Trinajstić information content (AvgIpc) is 3.66. The summed E-state index contributed by atoms with van der Waals surface area (Å²) in [6.07, 6.45) is 4.39. The average molecular weight is 523 g/mol. The third kappa shape index (κ3) is 5.41. The molecule has 1 fully saturated rings. The monoisotopic (exact) mass is 522 g/mol. The van der Waals surface area contributed by atoms with Gasteiger partial charge in [-0.15, -0.1) is 0 Å². The fourth-order valence-electron chi connectivity index (χ4n) is 4.55. The fraction of sp³-hybridized carbons (Fsp3) is 0.259. The Morgan fingerprint density at radius 1 is 1.22 bits per heavy atom. The second-order valence-electron chi connectivity index (χ2n) is 9.15. The number of aromatic nitrogens is 2. The topological polar surface area (TPSA) is 110 Å². The van der Waals surface area contributed by atoms with Crippen molar-refractivity contribution in [3.05, 3.63) is 88.9 Å². The minimum absolute atomic E-state index is 0.235. The molecule has 1 unspecified atom stereocenters. The number of methoxy groups -OCH3 is 1. The molecule has 5 rings (SSSR count). The van der Waals surface area contributed by atoms with E-state index < -0.39 is 23.0 Å². The highest BCUT2D eigenvalue weighted by Crippen LogP contribution is 2.43. The lowest BCUT2D eigenvalue weighted by molar-refractivity contribution is 0.100. The fourth-order valence-corrected chi connectivity index (χ4v) is 5.05. The molecule has 2 aromatic carbocycles. The Balaban J connectivity index is 1.49. The summed E-state index contributed by atoms with van der Waals surface area (Å²) >= 11 is -2.19. The first-order valence-corrected chi connectivity index (χ1v) is 13.0. The van der Waals surface area contributed by atoms with Gasteiger partial charge in [-0.3, -0.25) is 9.35 Å². The van der Waals surface area contributed by atoms with Gasteiger partial charge in [-0.1, -0.05) is 12.1 Å². The largest absolute Gasteiger partial charge is 0.497 e. The van der Waals surface area contributed by atoms with Gasteiger partial charge in [0.15, 0.2) is 0 Å². The van der Waals surface area contributed by atoms with Crippen LogP contribution in [0.1, 0.15) is 45.8 Å². The lowest BCUT2D eigenvalue weighted by atomic mass is 10.0. The molecule has 1 atom stereocenters. The first kappa shape index (κ1) is 25.1. The normalized spacial score (nSPS) is 14.3. The standard InChI is InChI=1S/C27H27FN4O4S/c1-36-22-10-2-17(3-11-22)12-13-31(37(34)35)15-20-16-32-24(14-23(20)18-4-5-18)25(27(29)33)26(30-32)19-6-8-21(28)9-7-19/h2-3,6-11,14,16,18H,4-5,12-13,15H2,1H3,(H2,29,33)(H,34,35). The van der Waals surface area contributed by atoms with Gasteiger partial charge in [0.05, 0.1) is 18.2 Å². The lowest BCUT2D eigenvalue weighted by Gasteiger charge is -2.20. The van der Waals surface area contributed by atoms with Crippen LogP contribution in [0.25, 0.3) is 16.8 Å². The van der Waals surface area contributed by atoms with E-state index in [1.54, 1.807) is 30.0 Å². The first-order chi connectivity index (χ1) is 17.8. The zero-order chi connectivity index (χ0) is 26.1. The van der Waals surface area contributed by atoms with E-state index in [-0.39, 0.29) is 12.1 Å². The molecular weight excluding hydrogens is 495 g/mol. The van der Waals surface area contributed by atoms with Gasteiger partial charge in [0, 0.05) is 24.8 Å². The van der Waals surface area contributed by atoms with Crippen LogP contribution in [0, 0.1) is 5.82 Å². The number of fused-ring (bicyclic) bond motifs is 1. The highest BCUT2D eigenvalue weighted by Gasteiger charge is 2.30. The van der Waals surface area contributed by atoms with E-state index in [2.05, 4.69) is 5.10 Å². The molecule has 192 valence electrons.